The molecule has 0 aliphatic heterocycles. The number of aliphatic hydroxyl groups is 1. The number of hydrogen-bond donors (Lipinski definition) is 2. The highest BCUT2D eigenvalue weighted by atomic mass is 16.5. The topological polar surface area (TPSA) is 58.6 Å². The normalized spacial score (nSPS) is 11.7. The lowest BCUT2D eigenvalue weighted by Gasteiger charge is -2.15. The molecule has 0 saturated carbocycles. The van der Waals surface area contributed by atoms with E-state index in [4.69, 9.17) is 4.74 Å². The molecule has 0 unspecified atom stereocenters. The van der Waals surface area contributed by atoms with Crippen LogP contribution in [-0.4, -0.2) is 23.7 Å². The molecule has 1 atom stereocenters. The summed E-state index contributed by atoms with van der Waals surface area (Å²) in [7, 11) is 0. The monoisotopic (exact) mass is 285 g/mol. The molecule has 0 saturated heterocycles. The molecule has 0 aromatic heterocycles. The van der Waals surface area contributed by atoms with Gasteiger partial charge in [0.15, 0.2) is 0 Å². The first-order chi connectivity index (χ1) is 10.1. The molecule has 4 heteroatoms. The van der Waals surface area contributed by atoms with E-state index in [1.807, 2.05) is 54.6 Å². The number of rotatable bonds is 6. The number of carbonyl (C=O) groups is 1. The summed E-state index contributed by atoms with van der Waals surface area (Å²) in [5.74, 6) is 0.601. The zero-order valence-corrected chi connectivity index (χ0v) is 12.0. The van der Waals surface area contributed by atoms with Crippen molar-refractivity contribution in [2.75, 3.05) is 11.9 Å². The molecular formula is C17H19NO3. The van der Waals surface area contributed by atoms with Gasteiger partial charge in [-0.1, -0.05) is 36.4 Å². The van der Waals surface area contributed by atoms with Gasteiger partial charge < -0.3 is 15.2 Å². The van der Waals surface area contributed by atoms with Crippen LogP contribution < -0.4 is 10.1 Å². The number of nitrogens with one attached hydrogen (secondary N) is 1. The van der Waals surface area contributed by atoms with Crippen LogP contribution in [0.2, 0.25) is 0 Å². The van der Waals surface area contributed by atoms with Crippen LogP contribution >= 0.6 is 0 Å². The Morgan fingerprint density at radius 2 is 1.81 bits per heavy atom. The molecule has 0 spiro atoms. The third-order valence-electron chi connectivity index (χ3n) is 2.97. The van der Waals surface area contributed by atoms with Crippen molar-refractivity contribution >= 4 is 11.6 Å². The summed E-state index contributed by atoms with van der Waals surface area (Å²) in [6.45, 7) is 1.67. The van der Waals surface area contributed by atoms with E-state index in [9.17, 15) is 9.90 Å². The Labute approximate surface area is 124 Å². The fourth-order valence-corrected chi connectivity index (χ4v) is 2.03. The maximum Gasteiger partial charge on any atom is 0.221 e. The first-order valence-electron chi connectivity index (χ1n) is 6.86. The van der Waals surface area contributed by atoms with Crippen LogP contribution in [0.1, 0.15) is 12.5 Å². The van der Waals surface area contributed by atoms with Crippen LogP contribution in [0.25, 0.3) is 0 Å². The average molecular weight is 285 g/mol. The first kappa shape index (κ1) is 15.1. The van der Waals surface area contributed by atoms with Crippen molar-refractivity contribution < 1.29 is 14.6 Å². The highest BCUT2D eigenvalue weighted by Gasteiger charge is 2.10. The Kier molecular flexibility index (Phi) is 5.35. The van der Waals surface area contributed by atoms with Crippen LogP contribution in [0.3, 0.4) is 0 Å². The van der Waals surface area contributed by atoms with E-state index in [1.54, 1.807) is 0 Å². The standard InChI is InChI=1S/C17H19NO3/c1-13(19)18-17-10-6-5-7-14(17)11-15(20)12-21-16-8-3-2-4-9-16/h2-10,15,20H,11-12H2,1H3,(H,18,19)/t15-/m0/s1. The zero-order valence-electron chi connectivity index (χ0n) is 12.0. The Hall–Kier alpha value is -2.33. The zero-order chi connectivity index (χ0) is 15.1. The van der Waals surface area contributed by atoms with Crippen LogP contribution in [0.5, 0.6) is 5.75 Å². The number of anilines is 1. The predicted octanol–water partition coefficient (Wildman–Crippen LogP) is 2.63. The van der Waals surface area contributed by atoms with E-state index in [1.165, 1.54) is 6.92 Å². The number of benzene rings is 2. The van der Waals surface area contributed by atoms with Crippen molar-refractivity contribution in [3.8, 4) is 5.75 Å². The molecule has 0 aliphatic carbocycles. The summed E-state index contributed by atoms with van der Waals surface area (Å²) in [5.41, 5.74) is 1.61. The van der Waals surface area contributed by atoms with Crippen molar-refractivity contribution in [3.05, 3.63) is 60.2 Å². The summed E-state index contributed by atoms with van der Waals surface area (Å²) in [5, 5.41) is 12.8. The van der Waals surface area contributed by atoms with Crippen LogP contribution in [0.15, 0.2) is 54.6 Å². The number of aliphatic hydroxyl groups excluding tert-OH is 1. The number of hydrogen-bond acceptors (Lipinski definition) is 3. The Bertz CT molecular complexity index is 584. The van der Waals surface area contributed by atoms with Crippen molar-refractivity contribution in [2.45, 2.75) is 19.4 Å². The molecule has 110 valence electrons. The van der Waals surface area contributed by atoms with Gasteiger partial charge in [0.2, 0.25) is 5.91 Å². The van der Waals surface area contributed by atoms with E-state index in [-0.39, 0.29) is 12.5 Å². The maximum atomic E-state index is 11.2. The van der Waals surface area contributed by atoms with Gasteiger partial charge in [0.1, 0.15) is 12.4 Å². The summed E-state index contributed by atoms with van der Waals surface area (Å²) in [6, 6.07) is 16.8. The summed E-state index contributed by atoms with van der Waals surface area (Å²) in [4.78, 5) is 11.2. The van der Waals surface area contributed by atoms with Gasteiger partial charge in [-0.2, -0.15) is 0 Å². The molecule has 2 aromatic carbocycles. The molecule has 0 heterocycles. The molecule has 2 N–H and O–H groups in total. The first-order valence-corrected chi connectivity index (χ1v) is 6.86. The fourth-order valence-electron chi connectivity index (χ4n) is 2.03. The molecule has 1 amide bonds. The van der Waals surface area contributed by atoms with Crippen LogP contribution in [0.4, 0.5) is 5.69 Å². The molecule has 2 aromatic rings. The van der Waals surface area contributed by atoms with Crippen molar-refractivity contribution in [1.82, 2.24) is 0 Å². The molecule has 0 bridgehead atoms. The van der Waals surface area contributed by atoms with Crippen molar-refractivity contribution in [2.24, 2.45) is 0 Å². The highest BCUT2D eigenvalue weighted by Crippen LogP contribution is 2.17. The van der Waals surface area contributed by atoms with E-state index in [0.717, 1.165) is 17.0 Å². The maximum absolute atomic E-state index is 11.2. The second kappa shape index (κ2) is 7.45. The minimum Gasteiger partial charge on any atom is -0.491 e. The van der Waals surface area contributed by atoms with Gasteiger partial charge in [0, 0.05) is 19.0 Å². The molecule has 0 radical (unpaired) electrons. The fraction of sp³-hybridized carbons (Fsp3) is 0.235. The average Bonchev–Trinajstić information content (AvgIpc) is 2.48. The molecule has 0 aliphatic rings. The van der Waals surface area contributed by atoms with E-state index in [0.29, 0.717) is 6.42 Å². The van der Waals surface area contributed by atoms with Crippen molar-refractivity contribution in [3.63, 3.8) is 0 Å². The lowest BCUT2D eigenvalue weighted by atomic mass is 10.1. The molecule has 4 nitrogen and oxygen atoms in total. The smallest absolute Gasteiger partial charge is 0.221 e. The van der Waals surface area contributed by atoms with Crippen LogP contribution in [-0.2, 0) is 11.2 Å². The van der Waals surface area contributed by atoms with Gasteiger partial charge in [-0.3, -0.25) is 4.79 Å². The van der Waals surface area contributed by atoms with Gasteiger partial charge in [0.05, 0.1) is 6.10 Å². The lowest BCUT2D eigenvalue weighted by molar-refractivity contribution is -0.114. The molecule has 0 fully saturated rings. The van der Waals surface area contributed by atoms with Gasteiger partial charge >= 0.3 is 0 Å². The Morgan fingerprint density at radius 3 is 2.52 bits per heavy atom. The number of ether oxygens (including phenoxy) is 1. The number of amides is 1. The van der Waals surface area contributed by atoms with Gasteiger partial charge in [0.25, 0.3) is 0 Å². The van der Waals surface area contributed by atoms with E-state index in [2.05, 4.69) is 5.32 Å². The van der Waals surface area contributed by atoms with Gasteiger partial charge in [-0.25, -0.2) is 0 Å². The quantitative estimate of drug-likeness (QED) is 0.857. The Morgan fingerprint density at radius 1 is 1.14 bits per heavy atom. The number of para-hydroxylation sites is 2. The third-order valence-corrected chi connectivity index (χ3v) is 2.97. The lowest BCUT2D eigenvalue weighted by Crippen LogP contribution is -2.21. The van der Waals surface area contributed by atoms with E-state index < -0.39 is 6.10 Å². The van der Waals surface area contributed by atoms with Crippen LogP contribution in [0, 0.1) is 0 Å². The Balaban J connectivity index is 1.93. The predicted molar refractivity (Wildman–Crippen MR) is 82.4 cm³/mol. The summed E-state index contributed by atoms with van der Waals surface area (Å²) in [6.07, 6.45) is -0.219. The summed E-state index contributed by atoms with van der Waals surface area (Å²) >= 11 is 0. The number of carbonyl (C=O) groups excluding carboxylic acids is 1. The van der Waals surface area contributed by atoms with Gasteiger partial charge in [-0.05, 0) is 23.8 Å². The van der Waals surface area contributed by atoms with Gasteiger partial charge in [-0.15, -0.1) is 0 Å². The highest BCUT2D eigenvalue weighted by molar-refractivity contribution is 5.89. The SMILES string of the molecule is CC(=O)Nc1ccccc1C[C@H](O)COc1ccccc1. The second-order valence-corrected chi connectivity index (χ2v) is 4.82. The molecule has 2 rings (SSSR count). The summed E-state index contributed by atoms with van der Waals surface area (Å²) < 4.78 is 5.52. The van der Waals surface area contributed by atoms with Crippen molar-refractivity contribution in [1.29, 1.82) is 0 Å². The third kappa shape index (κ3) is 4.93. The largest absolute Gasteiger partial charge is 0.491 e. The minimum absolute atomic E-state index is 0.127. The second-order valence-electron chi connectivity index (χ2n) is 4.82. The molecule has 21 heavy (non-hydrogen) atoms. The minimum atomic E-state index is -0.639. The molecular weight excluding hydrogens is 266 g/mol. The van der Waals surface area contributed by atoms with E-state index >= 15 is 0 Å².